The number of carbonyl (C=O) groups is 1. The van der Waals surface area contributed by atoms with Gasteiger partial charge < -0.3 is 10.6 Å². The Labute approximate surface area is 115 Å². The molecule has 0 bridgehead atoms. The van der Waals surface area contributed by atoms with E-state index in [9.17, 15) is 18.0 Å². The molecule has 0 aliphatic rings. The number of hydrogen-bond acceptors (Lipinski definition) is 2. The van der Waals surface area contributed by atoms with Crippen LogP contribution in [-0.4, -0.2) is 37.1 Å². The number of amides is 1. The number of carbonyl (C=O) groups excluding carboxylic acids is 1. The summed E-state index contributed by atoms with van der Waals surface area (Å²) < 4.78 is 36.3. The van der Waals surface area contributed by atoms with Crippen molar-refractivity contribution in [1.29, 1.82) is 0 Å². The minimum absolute atomic E-state index is 0.237. The Morgan fingerprint density at radius 2 is 1.90 bits per heavy atom. The first-order valence-electron chi connectivity index (χ1n) is 5.94. The van der Waals surface area contributed by atoms with Gasteiger partial charge in [0.05, 0.1) is 13.0 Å². The van der Waals surface area contributed by atoms with Gasteiger partial charge in [-0.3, -0.25) is 4.79 Å². The molecule has 0 aliphatic carbocycles. The van der Waals surface area contributed by atoms with Crippen LogP contribution in [0.5, 0.6) is 0 Å². The first-order chi connectivity index (χ1) is 9.33. The summed E-state index contributed by atoms with van der Waals surface area (Å²) in [5, 5.41) is 0. The lowest BCUT2D eigenvalue weighted by Gasteiger charge is -2.18. The number of hydrogen-bond donors (Lipinski definition) is 1. The van der Waals surface area contributed by atoms with E-state index in [1.807, 2.05) is 0 Å². The maximum atomic E-state index is 12.1. The minimum Gasteiger partial charge on any atom is -0.341 e. The predicted molar refractivity (Wildman–Crippen MR) is 70.0 cm³/mol. The van der Waals surface area contributed by atoms with Gasteiger partial charge in [-0.05, 0) is 24.3 Å². The van der Waals surface area contributed by atoms with Gasteiger partial charge in [0.2, 0.25) is 0 Å². The zero-order chi connectivity index (χ0) is 15.2. The van der Waals surface area contributed by atoms with Crippen LogP contribution in [0, 0.1) is 11.8 Å². The average molecular weight is 284 g/mol. The Kier molecular flexibility index (Phi) is 5.59. The summed E-state index contributed by atoms with van der Waals surface area (Å²) in [6, 6.07) is 6.33. The van der Waals surface area contributed by atoms with Crippen molar-refractivity contribution in [3.63, 3.8) is 0 Å². The second-order valence-electron chi connectivity index (χ2n) is 4.18. The molecule has 0 spiro atoms. The lowest BCUT2D eigenvalue weighted by molar-refractivity contribution is -0.136. The number of nitrogens with two attached hydrogens (primary N) is 1. The first-order valence-corrected chi connectivity index (χ1v) is 5.94. The summed E-state index contributed by atoms with van der Waals surface area (Å²) in [7, 11) is 1.34. The summed E-state index contributed by atoms with van der Waals surface area (Å²) in [6.07, 6.45) is -5.29. The van der Waals surface area contributed by atoms with Crippen molar-refractivity contribution in [2.45, 2.75) is 12.6 Å². The molecule has 1 aromatic carbocycles. The van der Waals surface area contributed by atoms with E-state index < -0.39 is 18.5 Å². The van der Waals surface area contributed by atoms with E-state index in [0.29, 0.717) is 11.1 Å². The Hall–Kier alpha value is -2.00. The monoisotopic (exact) mass is 284 g/mol. The molecule has 1 aromatic rings. The number of rotatable bonds is 3. The highest BCUT2D eigenvalue weighted by molar-refractivity contribution is 5.94. The van der Waals surface area contributed by atoms with Crippen LogP contribution in [0.1, 0.15) is 22.3 Å². The summed E-state index contributed by atoms with van der Waals surface area (Å²) in [6.45, 7) is -0.127. The molecule has 0 saturated heterocycles. The van der Waals surface area contributed by atoms with E-state index in [0.717, 1.165) is 4.90 Å². The summed E-state index contributed by atoms with van der Waals surface area (Å²) in [5.74, 6) is 5.02. The molecule has 3 nitrogen and oxygen atoms in total. The molecule has 1 rings (SSSR count). The molecule has 0 saturated carbocycles. The van der Waals surface area contributed by atoms with Crippen LogP contribution in [0.15, 0.2) is 24.3 Å². The van der Waals surface area contributed by atoms with E-state index in [1.54, 1.807) is 12.1 Å². The van der Waals surface area contributed by atoms with Crippen LogP contribution in [0.25, 0.3) is 0 Å². The van der Waals surface area contributed by atoms with Crippen molar-refractivity contribution in [3.05, 3.63) is 35.4 Å². The molecule has 0 radical (unpaired) electrons. The second-order valence-corrected chi connectivity index (χ2v) is 4.18. The van der Waals surface area contributed by atoms with Crippen molar-refractivity contribution < 1.29 is 18.0 Å². The Morgan fingerprint density at radius 1 is 1.30 bits per heavy atom. The fraction of sp³-hybridized carbons (Fsp3) is 0.357. The molecule has 20 heavy (non-hydrogen) atoms. The molecule has 0 fully saturated rings. The summed E-state index contributed by atoms with van der Waals surface area (Å²) >= 11 is 0. The van der Waals surface area contributed by atoms with Gasteiger partial charge in [-0.2, -0.15) is 13.2 Å². The molecule has 0 unspecified atom stereocenters. The van der Waals surface area contributed by atoms with E-state index in [2.05, 4.69) is 11.8 Å². The van der Waals surface area contributed by atoms with E-state index >= 15 is 0 Å². The van der Waals surface area contributed by atoms with Crippen molar-refractivity contribution in [2.24, 2.45) is 5.73 Å². The standard InChI is InChI=1S/C14H15F3N2O/c1-19(10-8-14(15,16)17)13(20)12-6-4-11(5-7-12)3-2-9-18/h4-7H,8-10,18H2,1H3. The molecule has 0 heterocycles. The summed E-state index contributed by atoms with van der Waals surface area (Å²) in [5.41, 5.74) is 6.26. The third-order valence-electron chi connectivity index (χ3n) is 2.54. The quantitative estimate of drug-likeness (QED) is 0.863. The maximum Gasteiger partial charge on any atom is 0.390 e. The highest BCUT2D eigenvalue weighted by atomic mass is 19.4. The zero-order valence-corrected chi connectivity index (χ0v) is 11.0. The lowest BCUT2D eigenvalue weighted by Crippen LogP contribution is -2.30. The van der Waals surface area contributed by atoms with Crippen LogP contribution in [0.4, 0.5) is 13.2 Å². The van der Waals surface area contributed by atoms with Gasteiger partial charge in [0.25, 0.3) is 5.91 Å². The molecule has 6 heteroatoms. The van der Waals surface area contributed by atoms with Gasteiger partial charge in [-0.1, -0.05) is 11.8 Å². The summed E-state index contributed by atoms with van der Waals surface area (Å²) in [4.78, 5) is 12.9. The highest BCUT2D eigenvalue weighted by Gasteiger charge is 2.28. The molecule has 1 amide bonds. The average Bonchev–Trinajstić information content (AvgIpc) is 2.41. The molecular weight excluding hydrogens is 269 g/mol. The highest BCUT2D eigenvalue weighted by Crippen LogP contribution is 2.19. The number of alkyl halides is 3. The maximum absolute atomic E-state index is 12.1. The topological polar surface area (TPSA) is 46.3 Å². The van der Waals surface area contributed by atoms with E-state index in [4.69, 9.17) is 5.73 Å². The predicted octanol–water partition coefficient (Wildman–Crippen LogP) is 2.02. The smallest absolute Gasteiger partial charge is 0.341 e. The van der Waals surface area contributed by atoms with Crippen molar-refractivity contribution in [1.82, 2.24) is 4.90 Å². The lowest BCUT2D eigenvalue weighted by atomic mass is 10.1. The van der Waals surface area contributed by atoms with Crippen molar-refractivity contribution >= 4 is 5.91 Å². The van der Waals surface area contributed by atoms with Gasteiger partial charge in [-0.25, -0.2) is 0 Å². The van der Waals surface area contributed by atoms with Crippen LogP contribution < -0.4 is 5.73 Å². The minimum atomic E-state index is -4.27. The third-order valence-corrected chi connectivity index (χ3v) is 2.54. The largest absolute Gasteiger partial charge is 0.390 e. The van der Waals surface area contributed by atoms with Gasteiger partial charge >= 0.3 is 6.18 Å². The van der Waals surface area contributed by atoms with Crippen molar-refractivity contribution in [3.8, 4) is 11.8 Å². The molecular formula is C14H15F3N2O. The van der Waals surface area contributed by atoms with Crippen LogP contribution >= 0.6 is 0 Å². The zero-order valence-electron chi connectivity index (χ0n) is 11.0. The van der Waals surface area contributed by atoms with Crippen molar-refractivity contribution in [2.75, 3.05) is 20.1 Å². The van der Waals surface area contributed by atoms with Crippen LogP contribution in [-0.2, 0) is 0 Å². The molecule has 0 aliphatic heterocycles. The van der Waals surface area contributed by atoms with Gasteiger partial charge in [0.15, 0.2) is 0 Å². The third kappa shape index (κ3) is 5.33. The Balaban J connectivity index is 2.67. The molecule has 0 atom stereocenters. The number of nitrogens with zero attached hydrogens (tertiary/aromatic N) is 1. The van der Waals surface area contributed by atoms with Gasteiger partial charge in [-0.15, -0.1) is 0 Å². The number of halogens is 3. The van der Waals surface area contributed by atoms with Gasteiger partial charge in [0.1, 0.15) is 0 Å². The van der Waals surface area contributed by atoms with Crippen LogP contribution in [0.3, 0.4) is 0 Å². The molecule has 2 N–H and O–H groups in total. The first kappa shape index (κ1) is 16.1. The molecule has 0 aromatic heterocycles. The van der Waals surface area contributed by atoms with Crippen LogP contribution in [0.2, 0.25) is 0 Å². The number of benzene rings is 1. The Bertz CT molecular complexity index is 512. The fourth-order valence-electron chi connectivity index (χ4n) is 1.47. The Morgan fingerprint density at radius 3 is 2.40 bits per heavy atom. The molecule has 108 valence electrons. The van der Waals surface area contributed by atoms with Gasteiger partial charge in [0, 0.05) is 24.7 Å². The van der Waals surface area contributed by atoms with E-state index in [-0.39, 0.29) is 13.1 Å². The second kappa shape index (κ2) is 6.96. The van der Waals surface area contributed by atoms with E-state index in [1.165, 1.54) is 19.2 Å². The normalized spacial score (nSPS) is 10.7. The SMILES string of the molecule is CN(CCC(F)(F)F)C(=O)c1ccc(C#CCN)cc1. The fourth-order valence-corrected chi connectivity index (χ4v) is 1.47.